The first kappa shape index (κ1) is 33.4. The van der Waals surface area contributed by atoms with Gasteiger partial charge in [-0.05, 0) is 79.0 Å². The molecule has 0 aliphatic heterocycles. The Hall–Kier alpha value is -5.00. The first-order chi connectivity index (χ1) is 22.6. The Morgan fingerprint density at radius 3 is 2.21 bits per heavy atom. The van der Waals surface area contributed by atoms with Gasteiger partial charge in [0.05, 0.1) is 27.2 Å². The SMILES string of the molecule is CCN(CC)CCc1ccccc1S(=O)(=O)Nc1ccc2c(c1)nc(CCc1ccc(C(=N)N)cc1)n2Cc1ccc(C(=O)O)cc1. The van der Waals surface area contributed by atoms with Gasteiger partial charge in [0.1, 0.15) is 11.7 Å². The highest BCUT2D eigenvalue weighted by Crippen LogP contribution is 2.26. The van der Waals surface area contributed by atoms with Gasteiger partial charge in [-0.3, -0.25) is 10.1 Å². The number of benzene rings is 4. The number of fused-ring (bicyclic) bond motifs is 1. The Bertz CT molecular complexity index is 1980. The zero-order valence-electron chi connectivity index (χ0n) is 26.6. The molecule has 0 saturated carbocycles. The van der Waals surface area contributed by atoms with Crippen molar-refractivity contribution in [3.05, 3.63) is 125 Å². The van der Waals surface area contributed by atoms with E-state index >= 15 is 0 Å². The molecule has 0 atom stereocenters. The van der Waals surface area contributed by atoms with Gasteiger partial charge in [-0.15, -0.1) is 0 Å². The number of imidazole rings is 1. The van der Waals surface area contributed by atoms with Gasteiger partial charge in [0.2, 0.25) is 0 Å². The maximum absolute atomic E-state index is 13.6. The lowest BCUT2D eigenvalue weighted by Crippen LogP contribution is -2.26. The molecule has 0 amide bonds. The van der Waals surface area contributed by atoms with E-state index in [1.54, 1.807) is 48.5 Å². The van der Waals surface area contributed by atoms with Crippen LogP contribution < -0.4 is 10.5 Å². The molecule has 0 bridgehead atoms. The van der Waals surface area contributed by atoms with Crippen molar-refractivity contribution in [2.75, 3.05) is 24.4 Å². The quantitative estimate of drug-likeness (QED) is 0.0856. The molecule has 5 aromatic rings. The summed E-state index contributed by atoms with van der Waals surface area (Å²) in [5.74, 6) is -0.163. The number of amidine groups is 1. The zero-order valence-corrected chi connectivity index (χ0v) is 27.4. The summed E-state index contributed by atoms with van der Waals surface area (Å²) in [6.07, 6.45) is 1.90. The predicted octanol–water partition coefficient (Wildman–Crippen LogP) is 5.54. The summed E-state index contributed by atoms with van der Waals surface area (Å²) in [4.78, 5) is 18.8. The van der Waals surface area contributed by atoms with Gasteiger partial charge in [-0.1, -0.05) is 68.4 Å². The van der Waals surface area contributed by atoms with Crippen LogP contribution in [0.1, 0.15) is 52.3 Å². The average Bonchev–Trinajstić information content (AvgIpc) is 3.40. The maximum Gasteiger partial charge on any atom is 0.335 e. The van der Waals surface area contributed by atoms with Crippen molar-refractivity contribution in [3.63, 3.8) is 0 Å². The molecular weight excluding hydrogens is 613 g/mol. The molecule has 5 rings (SSSR count). The summed E-state index contributed by atoms with van der Waals surface area (Å²) < 4.78 is 32.1. The molecule has 0 unspecified atom stereocenters. The van der Waals surface area contributed by atoms with Gasteiger partial charge in [-0.2, -0.15) is 0 Å². The molecule has 10 nitrogen and oxygen atoms in total. The third kappa shape index (κ3) is 8.05. The summed E-state index contributed by atoms with van der Waals surface area (Å²) >= 11 is 0. The van der Waals surface area contributed by atoms with Crippen molar-refractivity contribution < 1.29 is 18.3 Å². The number of carboxylic acids is 1. The highest BCUT2D eigenvalue weighted by molar-refractivity contribution is 7.92. The monoisotopic (exact) mass is 652 g/mol. The van der Waals surface area contributed by atoms with Crippen LogP contribution in [0.15, 0.2) is 95.9 Å². The standard InChI is InChI=1S/C36H40N6O4S/c1-3-41(4-2)22-21-27-7-5-6-8-33(27)47(45,46)40-30-18-19-32-31(23-30)39-34(20-13-25-9-14-28(15-10-25)35(37)38)42(32)24-26-11-16-29(17-12-26)36(43)44/h5-12,14-19,23,40H,3-4,13,20-22,24H2,1-2H3,(H3,37,38)(H,43,44). The first-order valence-corrected chi connectivity index (χ1v) is 17.1. The van der Waals surface area contributed by atoms with E-state index in [1.165, 1.54) is 0 Å². The number of nitrogens with one attached hydrogen (secondary N) is 2. The Morgan fingerprint density at radius 1 is 0.894 bits per heavy atom. The Balaban J connectivity index is 1.44. The molecule has 1 aromatic heterocycles. The van der Waals surface area contributed by atoms with Gasteiger partial charge in [0.15, 0.2) is 0 Å². The van der Waals surface area contributed by atoms with Crippen molar-refractivity contribution in [3.8, 4) is 0 Å². The van der Waals surface area contributed by atoms with Crippen molar-refractivity contribution in [1.82, 2.24) is 14.5 Å². The van der Waals surface area contributed by atoms with Crippen LogP contribution in [-0.2, 0) is 35.8 Å². The molecule has 0 aliphatic rings. The smallest absolute Gasteiger partial charge is 0.335 e. The number of sulfonamides is 1. The number of aryl methyl sites for hydroxylation is 2. The molecule has 0 aliphatic carbocycles. The van der Waals surface area contributed by atoms with Crippen LogP contribution >= 0.6 is 0 Å². The predicted molar refractivity (Wildman–Crippen MR) is 186 cm³/mol. The molecule has 0 saturated heterocycles. The number of anilines is 1. The second-order valence-electron chi connectivity index (χ2n) is 11.4. The van der Waals surface area contributed by atoms with Crippen LogP contribution in [0.25, 0.3) is 11.0 Å². The number of nitrogens with zero attached hydrogens (tertiary/aromatic N) is 3. The highest BCUT2D eigenvalue weighted by atomic mass is 32.2. The van der Waals surface area contributed by atoms with Crippen molar-refractivity contribution in [2.24, 2.45) is 5.73 Å². The first-order valence-electron chi connectivity index (χ1n) is 15.7. The molecular formula is C36H40N6O4S. The van der Waals surface area contributed by atoms with Gasteiger partial charge in [-0.25, -0.2) is 18.2 Å². The largest absolute Gasteiger partial charge is 0.478 e. The second kappa shape index (κ2) is 14.6. The van der Waals surface area contributed by atoms with Crippen LogP contribution in [0.4, 0.5) is 5.69 Å². The Morgan fingerprint density at radius 2 is 1.55 bits per heavy atom. The number of aromatic carboxylic acids is 1. The van der Waals surface area contributed by atoms with Gasteiger partial charge in [0.25, 0.3) is 10.0 Å². The van der Waals surface area contributed by atoms with E-state index in [2.05, 4.69) is 28.0 Å². The van der Waals surface area contributed by atoms with Gasteiger partial charge < -0.3 is 20.3 Å². The molecule has 0 spiro atoms. The highest BCUT2D eigenvalue weighted by Gasteiger charge is 2.20. The lowest BCUT2D eigenvalue weighted by Gasteiger charge is -2.19. The summed E-state index contributed by atoms with van der Waals surface area (Å²) in [5.41, 5.74) is 11.1. The van der Waals surface area contributed by atoms with E-state index in [1.807, 2.05) is 42.5 Å². The van der Waals surface area contributed by atoms with E-state index in [0.29, 0.717) is 42.6 Å². The van der Waals surface area contributed by atoms with E-state index in [9.17, 15) is 18.3 Å². The molecule has 244 valence electrons. The summed E-state index contributed by atoms with van der Waals surface area (Å²) in [6, 6.07) is 26.8. The number of nitrogens with two attached hydrogens (primary N) is 1. The van der Waals surface area contributed by atoms with Crippen molar-refractivity contribution in [2.45, 2.75) is 44.6 Å². The molecule has 4 aromatic carbocycles. The number of hydrogen-bond donors (Lipinski definition) is 4. The fourth-order valence-corrected chi connectivity index (χ4v) is 6.97. The lowest BCUT2D eigenvalue weighted by atomic mass is 10.1. The van der Waals surface area contributed by atoms with E-state index in [-0.39, 0.29) is 16.3 Å². The third-order valence-corrected chi connectivity index (χ3v) is 9.86. The van der Waals surface area contributed by atoms with Gasteiger partial charge >= 0.3 is 5.97 Å². The number of nitrogen functional groups attached to an aromatic ring is 1. The summed E-state index contributed by atoms with van der Waals surface area (Å²) in [7, 11) is -3.87. The van der Waals surface area contributed by atoms with E-state index in [0.717, 1.165) is 47.7 Å². The normalized spacial score (nSPS) is 11.6. The van der Waals surface area contributed by atoms with Gasteiger partial charge in [0, 0.05) is 25.1 Å². The number of hydrogen-bond acceptors (Lipinski definition) is 6. The number of rotatable bonds is 15. The van der Waals surface area contributed by atoms with Crippen LogP contribution in [0.3, 0.4) is 0 Å². The number of aromatic nitrogens is 2. The number of carbonyl (C=O) groups is 1. The molecule has 5 N–H and O–H groups in total. The minimum Gasteiger partial charge on any atom is -0.478 e. The Kier molecular flexibility index (Phi) is 10.4. The van der Waals surface area contributed by atoms with Crippen molar-refractivity contribution >= 4 is 38.5 Å². The third-order valence-electron chi connectivity index (χ3n) is 8.38. The van der Waals surface area contributed by atoms with E-state index < -0.39 is 16.0 Å². The topological polar surface area (TPSA) is 154 Å². The Labute approximate surface area is 275 Å². The summed E-state index contributed by atoms with van der Waals surface area (Å²) in [6.45, 7) is 7.22. The van der Waals surface area contributed by atoms with Crippen LogP contribution in [-0.4, -0.2) is 59.4 Å². The summed E-state index contributed by atoms with van der Waals surface area (Å²) in [5, 5.41) is 17.0. The van der Waals surface area contributed by atoms with Crippen molar-refractivity contribution in [1.29, 1.82) is 5.41 Å². The second-order valence-corrected chi connectivity index (χ2v) is 13.1. The fourth-order valence-electron chi connectivity index (χ4n) is 5.65. The molecule has 47 heavy (non-hydrogen) atoms. The fraction of sp³-hybridized carbons (Fsp3) is 0.250. The zero-order chi connectivity index (χ0) is 33.6. The molecule has 1 heterocycles. The molecule has 0 radical (unpaired) electrons. The average molecular weight is 653 g/mol. The van der Waals surface area contributed by atoms with E-state index in [4.69, 9.17) is 16.1 Å². The van der Waals surface area contributed by atoms with Crippen LogP contribution in [0.5, 0.6) is 0 Å². The minimum absolute atomic E-state index is 0.0156. The maximum atomic E-state index is 13.6. The molecule has 0 fully saturated rings. The van der Waals surface area contributed by atoms with Crippen LogP contribution in [0, 0.1) is 5.41 Å². The molecule has 11 heteroatoms. The number of carboxylic acid groups (broad SMARTS) is 1. The van der Waals surface area contributed by atoms with Crippen LogP contribution in [0.2, 0.25) is 0 Å². The lowest BCUT2D eigenvalue weighted by molar-refractivity contribution is 0.0697. The minimum atomic E-state index is -3.87. The number of likely N-dealkylation sites (N-methyl/N-ethyl adjacent to an activating group) is 1.